The minimum atomic E-state index is -4.42. The Labute approximate surface area is 118 Å². The normalized spacial score (nSPS) is 13.2. The van der Waals surface area contributed by atoms with Gasteiger partial charge in [-0.25, -0.2) is 8.78 Å². The van der Waals surface area contributed by atoms with Gasteiger partial charge in [0.2, 0.25) is 0 Å². The van der Waals surface area contributed by atoms with E-state index in [4.69, 9.17) is 5.73 Å². The zero-order valence-corrected chi connectivity index (χ0v) is 10.8. The largest absolute Gasteiger partial charge is 0.416 e. The molecule has 1 nitrogen and oxygen atoms in total. The fourth-order valence-electron chi connectivity index (χ4n) is 1.97. The standard InChI is InChI=1S/C15H12F5N/c16-12-5-6-13(17)10(7-12)8-14(21)9-1-3-11(4-2-9)15(18,19)20/h1-7,14H,8,21H2. The molecule has 0 amide bonds. The van der Waals surface area contributed by atoms with Crippen molar-refractivity contribution in [3.63, 3.8) is 0 Å². The number of rotatable bonds is 3. The van der Waals surface area contributed by atoms with E-state index in [9.17, 15) is 22.0 Å². The van der Waals surface area contributed by atoms with Crippen LogP contribution in [0.2, 0.25) is 0 Å². The molecule has 0 aliphatic carbocycles. The predicted molar refractivity (Wildman–Crippen MR) is 68.4 cm³/mol. The molecule has 1 unspecified atom stereocenters. The predicted octanol–water partition coefficient (Wildman–Crippen LogP) is 4.23. The fraction of sp³-hybridized carbons (Fsp3) is 0.200. The smallest absolute Gasteiger partial charge is 0.324 e. The Hall–Kier alpha value is -1.95. The van der Waals surface area contributed by atoms with E-state index >= 15 is 0 Å². The van der Waals surface area contributed by atoms with Gasteiger partial charge in [-0.05, 0) is 47.9 Å². The highest BCUT2D eigenvalue weighted by molar-refractivity contribution is 5.29. The molecule has 0 fully saturated rings. The van der Waals surface area contributed by atoms with E-state index in [1.807, 2.05) is 0 Å². The van der Waals surface area contributed by atoms with Crippen molar-refractivity contribution in [2.45, 2.75) is 18.6 Å². The molecule has 2 aromatic rings. The molecule has 6 heteroatoms. The number of halogens is 5. The summed E-state index contributed by atoms with van der Waals surface area (Å²) < 4.78 is 63.9. The van der Waals surface area contributed by atoms with E-state index in [1.165, 1.54) is 12.1 Å². The van der Waals surface area contributed by atoms with E-state index in [2.05, 4.69) is 0 Å². The van der Waals surface area contributed by atoms with Gasteiger partial charge in [0, 0.05) is 6.04 Å². The van der Waals surface area contributed by atoms with Gasteiger partial charge in [-0.3, -0.25) is 0 Å². The second-order valence-corrected chi connectivity index (χ2v) is 4.67. The molecule has 0 aromatic heterocycles. The Morgan fingerprint density at radius 2 is 1.57 bits per heavy atom. The van der Waals surface area contributed by atoms with Crippen molar-refractivity contribution in [1.82, 2.24) is 0 Å². The van der Waals surface area contributed by atoms with Crippen LogP contribution in [0.5, 0.6) is 0 Å². The molecule has 21 heavy (non-hydrogen) atoms. The van der Waals surface area contributed by atoms with Crippen LogP contribution in [0.25, 0.3) is 0 Å². The summed E-state index contributed by atoms with van der Waals surface area (Å²) in [4.78, 5) is 0. The van der Waals surface area contributed by atoms with Crippen LogP contribution in [0.15, 0.2) is 42.5 Å². The first kappa shape index (κ1) is 15.4. The van der Waals surface area contributed by atoms with E-state index in [-0.39, 0.29) is 12.0 Å². The number of alkyl halides is 3. The van der Waals surface area contributed by atoms with Crippen LogP contribution in [-0.4, -0.2) is 0 Å². The van der Waals surface area contributed by atoms with Gasteiger partial charge in [0.1, 0.15) is 11.6 Å². The highest BCUT2D eigenvalue weighted by atomic mass is 19.4. The van der Waals surface area contributed by atoms with Gasteiger partial charge in [-0.15, -0.1) is 0 Å². The topological polar surface area (TPSA) is 26.0 Å². The van der Waals surface area contributed by atoms with Crippen molar-refractivity contribution >= 4 is 0 Å². The molecular formula is C15H12F5N. The van der Waals surface area contributed by atoms with Crippen LogP contribution in [0.3, 0.4) is 0 Å². The summed E-state index contributed by atoms with van der Waals surface area (Å²) in [6.45, 7) is 0. The summed E-state index contributed by atoms with van der Waals surface area (Å²) in [6.07, 6.45) is -4.42. The minimum absolute atomic E-state index is 0.00500. The van der Waals surface area contributed by atoms with Gasteiger partial charge in [-0.1, -0.05) is 12.1 Å². The molecule has 112 valence electrons. The first-order chi connectivity index (χ1) is 9.77. The zero-order valence-electron chi connectivity index (χ0n) is 10.8. The lowest BCUT2D eigenvalue weighted by Gasteiger charge is -2.14. The van der Waals surface area contributed by atoms with E-state index in [0.717, 1.165) is 30.3 Å². The van der Waals surface area contributed by atoms with Crippen LogP contribution in [0.4, 0.5) is 22.0 Å². The first-order valence-electron chi connectivity index (χ1n) is 6.14. The molecule has 0 spiro atoms. The van der Waals surface area contributed by atoms with Crippen LogP contribution in [-0.2, 0) is 12.6 Å². The lowest BCUT2D eigenvalue weighted by molar-refractivity contribution is -0.137. The van der Waals surface area contributed by atoms with Crippen LogP contribution in [0.1, 0.15) is 22.7 Å². The number of benzene rings is 2. The maximum absolute atomic E-state index is 13.5. The molecule has 1 atom stereocenters. The molecule has 0 radical (unpaired) electrons. The van der Waals surface area contributed by atoms with E-state index in [1.54, 1.807) is 0 Å². The Kier molecular flexibility index (Phi) is 4.27. The average molecular weight is 301 g/mol. The lowest BCUT2D eigenvalue weighted by atomic mass is 9.98. The van der Waals surface area contributed by atoms with Crippen LogP contribution >= 0.6 is 0 Å². The Morgan fingerprint density at radius 3 is 2.14 bits per heavy atom. The monoisotopic (exact) mass is 301 g/mol. The maximum atomic E-state index is 13.5. The van der Waals surface area contributed by atoms with Crippen molar-refractivity contribution in [3.05, 3.63) is 70.8 Å². The molecule has 2 N–H and O–H groups in total. The average Bonchev–Trinajstić information content (AvgIpc) is 2.42. The van der Waals surface area contributed by atoms with Gasteiger partial charge < -0.3 is 5.73 Å². The second-order valence-electron chi connectivity index (χ2n) is 4.67. The molecule has 2 aromatic carbocycles. The quantitative estimate of drug-likeness (QED) is 0.844. The summed E-state index contributed by atoms with van der Waals surface area (Å²) in [7, 11) is 0. The fourth-order valence-corrected chi connectivity index (χ4v) is 1.97. The highest BCUT2D eigenvalue weighted by Crippen LogP contribution is 2.30. The molecule has 0 heterocycles. The zero-order chi connectivity index (χ0) is 15.6. The van der Waals surface area contributed by atoms with Gasteiger partial charge >= 0.3 is 6.18 Å². The van der Waals surface area contributed by atoms with Crippen molar-refractivity contribution in [3.8, 4) is 0 Å². The SMILES string of the molecule is NC(Cc1cc(F)ccc1F)c1ccc(C(F)(F)F)cc1. The summed E-state index contributed by atoms with van der Waals surface area (Å²) in [6, 6.07) is 6.60. The second kappa shape index (κ2) is 5.81. The van der Waals surface area contributed by atoms with E-state index < -0.39 is 29.4 Å². The molecule has 0 saturated heterocycles. The third kappa shape index (κ3) is 3.78. The van der Waals surface area contributed by atoms with Crippen LogP contribution < -0.4 is 5.73 Å². The van der Waals surface area contributed by atoms with Gasteiger partial charge in [-0.2, -0.15) is 13.2 Å². The Morgan fingerprint density at radius 1 is 0.952 bits per heavy atom. The molecule has 0 bridgehead atoms. The lowest BCUT2D eigenvalue weighted by Crippen LogP contribution is -2.15. The van der Waals surface area contributed by atoms with Gasteiger partial charge in [0.25, 0.3) is 0 Å². The summed E-state index contributed by atoms with van der Waals surface area (Å²) in [5.41, 5.74) is 5.56. The van der Waals surface area contributed by atoms with Crippen molar-refractivity contribution < 1.29 is 22.0 Å². The summed E-state index contributed by atoms with van der Waals surface area (Å²) in [5, 5.41) is 0. The number of hydrogen-bond acceptors (Lipinski definition) is 1. The van der Waals surface area contributed by atoms with Crippen LogP contribution in [0, 0.1) is 11.6 Å². The number of hydrogen-bond donors (Lipinski definition) is 1. The van der Waals surface area contributed by atoms with Gasteiger partial charge in [0.05, 0.1) is 5.56 Å². The third-order valence-electron chi connectivity index (χ3n) is 3.11. The first-order valence-corrected chi connectivity index (χ1v) is 6.14. The highest BCUT2D eigenvalue weighted by Gasteiger charge is 2.30. The van der Waals surface area contributed by atoms with Gasteiger partial charge in [0.15, 0.2) is 0 Å². The molecule has 0 aliphatic heterocycles. The van der Waals surface area contributed by atoms with E-state index in [0.29, 0.717) is 5.56 Å². The summed E-state index contributed by atoms with van der Waals surface area (Å²) >= 11 is 0. The minimum Gasteiger partial charge on any atom is -0.324 e. The van der Waals surface area contributed by atoms with Crippen molar-refractivity contribution in [1.29, 1.82) is 0 Å². The maximum Gasteiger partial charge on any atom is 0.416 e. The molecular weight excluding hydrogens is 289 g/mol. The van der Waals surface area contributed by atoms with Crippen molar-refractivity contribution in [2.24, 2.45) is 5.73 Å². The summed E-state index contributed by atoms with van der Waals surface area (Å²) in [5.74, 6) is -1.19. The molecule has 0 saturated carbocycles. The third-order valence-corrected chi connectivity index (χ3v) is 3.11. The Bertz CT molecular complexity index is 619. The van der Waals surface area contributed by atoms with Crippen molar-refractivity contribution in [2.75, 3.05) is 0 Å². The Balaban J connectivity index is 2.17. The number of nitrogens with two attached hydrogens (primary N) is 1. The molecule has 0 aliphatic rings. The molecule has 2 rings (SSSR count).